The monoisotopic (exact) mass is 201 g/mol. The van der Waals surface area contributed by atoms with Crippen LogP contribution in [-0.2, 0) is 0 Å². The average molecular weight is 201 g/mol. The molecule has 0 amide bonds. The summed E-state index contributed by atoms with van der Waals surface area (Å²) in [5.74, 6) is 0.199. The van der Waals surface area contributed by atoms with E-state index in [2.05, 4.69) is 4.98 Å². The lowest BCUT2D eigenvalue weighted by atomic mass is 10.0. The molecule has 76 valence electrons. The molecule has 0 saturated carbocycles. The van der Waals surface area contributed by atoms with Crippen molar-refractivity contribution in [1.82, 2.24) is 4.98 Å². The normalized spacial score (nSPS) is 10.5. The second kappa shape index (κ2) is 3.69. The summed E-state index contributed by atoms with van der Waals surface area (Å²) in [6.45, 7) is 1.81. The Labute approximate surface area is 87.4 Å². The third-order valence-electron chi connectivity index (χ3n) is 2.37. The maximum absolute atomic E-state index is 11.6. The molecular formula is C12H11NO2. The number of benzene rings is 1. The maximum Gasteiger partial charge on any atom is 0.164 e. The number of rotatable bonds is 2. The summed E-state index contributed by atoms with van der Waals surface area (Å²) in [6, 6.07) is 6.65. The standard InChI is InChI=1S/C12H11NO2/c1-2-10(14)9-5-6-11(15)8-4-3-7-13-12(8)9/h3-7,15H,2H2,1H3. The van der Waals surface area contributed by atoms with Gasteiger partial charge in [-0.1, -0.05) is 6.92 Å². The predicted molar refractivity (Wildman–Crippen MR) is 58.0 cm³/mol. The van der Waals surface area contributed by atoms with E-state index in [9.17, 15) is 9.90 Å². The molecule has 0 saturated heterocycles. The van der Waals surface area contributed by atoms with Crippen molar-refractivity contribution in [1.29, 1.82) is 0 Å². The van der Waals surface area contributed by atoms with Gasteiger partial charge in [0.2, 0.25) is 0 Å². The number of phenolic OH excluding ortho intramolecular Hbond substituents is 1. The SMILES string of the molecule is CCC(=O)c1ccc(O)c2cccnc12. The van der Waals surface area contributed by atoms with Crippen molar-refractivity contribution in [2.24, 2.45) is 0 Å². The van der Waals surface area contributed by atoms with Gasteiger partial charge >= 0.3 is 0 Å². The molecule has 0 fully saturated rings. The van der Waals surface area contributed by atoms with Crippen LogP contribution in [0.15, 0.2) is 30.5 Å². The second-order valence-electron chi connectivity index (χ2n) is 3.31. The number of fused-ring (bicyclic) bond motifs is 1. The minimum atomic E-state index is 0.0405. The van der Waals surface area contributed by atoms with E-state index in [-0.39, 0.29) is 11.5 Å². The largest absolute Gasteiger partial charge is 0.507 e. The maximum atomic E-state index is 11.6. The van der Waals surface area contributed by atoms with Crippen molar-refractivity contribution in [3.63, 3.8) is 0 Å². The lowest BCUT2D eigenvalue weighted by Gasteiger charge is -2.04. The molecule has 0 aliphatic heterocycles. The summed E-state index contributed by atoms with van der Waals surface area (Å²) in [5.41, 5.74) is 1.15. The molecule has 0 atom stereocenters. The van der Waals surface area contributed by atoms with Crippen LogP contribution in [-0.4, -0.2) is 15.9 Å². The van der Waals surface area contributed by atoms with Crippen LogP contribution < -0.4 is 0 Å². The number of carbonyl (C=O) groups excluding carboxylic acids is 1. The number of pyridine rings is 1. The van der Waals surface area contributed by atoms with Gasteiger partial charge in [-0.3, -0.25) is 9.78 Å². The number of phenols is 1. The molecule has 1 heterocycles. The van der Waals surface area contributed by atoms with Gasteiger partial charge in [0.25, 0.3) is 0 Å². The molecule has 3 nitrogen and oxygen atoms in total. The number of aromatic hydroxyl groups is 1. The van der Waals surface area contributed by atoms with Gasteiger partial charge < -0.3 is 5.11 Å². The van der Waals surface area contributed by atoms with Crippen LogP contribution >= 0.6 is 0 Å². The molecule has 2 aromatic rings. The molecule has 1 N–H and O–H groups in total. The third kappa shape index (κ3) is 1.56. The first-order chi connectivity index (χ1) is 7.24. The fourth-order valence-corrected chi connectivity index (χ4v) is 1.57. The summed E-state index contributed by atoms with van der Waals surface area (Å²) in [6.07, 6.45) is 2.06. The molecule has 0 unspecified atom stereocenters. The van der Waals surface area contributed by atoms with Crippen LogP contribution in [0.3, 0.4) is 0 Å². The average Bonchev–Trinajstić information content (AvgIpc) is 2.29. The zero-order chi connectivity index (χ0) is 10.8. The van der Waals surface area contributed by atoms with Gasteiger partial charge in [-0.25, -0.2) is 0 Å². The van der Waals surface area contributed by atoms with E-state index in [0.29, 0.717) is 22.9 Å². The van der Waals surface area contributed by atoms with Crippen molar-refractivity contribution in [2.45, 2.75) is 13.3 Å². The van der Waals surface area contributed by atoms with E-state index in [1.165, 1.54) is 6.07 Å². The summed E-state index contributed by atoms with van der Waals surface area (Å²) in [4.78, 5) is 15.7. The van der Waals surface area contributed by atoms with Gasteiger partial charge in [0.15, 0.2) is 5.78 Å². The lowest BCUT2D eigenvalue weighted by Crippen LogP contribution is -1.98. The molecule has 2 rings (SSSR count). The number of hydrogen-bond acceptors (Lipinski definition) is 3. The van der Waals surface area contributed by atoms with Crippen LogP contribution in [0.25, 0.3) is 10.9 Å². The molecular weight excluding hydrogens is 190 g/mol. The Morgan fingerprint density at radius 3 is 2.93 bits per heavy atom. The van der Waals surface area contributed by atoms with Crippen molar-refractivity contribution in [3.8, 4) is 5.75 Å². The van der Waals surface area contributed by atoms with Crippen LogP contribution in [0.1, 0.15) is 23.7 Å². The Kier molecular flexibility index (Phi) is 2.37. The van der Waals surface area contributed by atoms with E-state index >= 15 is 0 Å². The van der Waals surface area contributed by atoms with Crippen molar-refractivity contribution >= 4 is 16.7 Å². The first-order valence-electron chi connectivity index (χ1n) is 4.84. The number of carbonyl (C=O) groups is 1. The number of ketones is 1. The molecule has 3 heteroatoms. The van der Waals surface area contributed by atoms with Gasteiger partial charge in [0.05, 0.1) is 5.52 Å². The fourth-order valence-electron chi connectivity index (χ4n) is 1.57. The Hall–Kier alpha value is -1.90. The van der Waals surface area contributed by atoms with Gasteiger partial charge in [-0.2, -0.15) is 0 Å². The highest BCUT2D eigenvalue weighted by atomic mass is 16.3. The summed E-state index contributed by atoms with van der Waals surface area (Å²) in [5, 5.41) is 10.2. The Balaban J connectivity index is 2.77. The first kappa shape index (κ1) is 9.65. The molecule has 0 bridgehead atoms. The topological polar surface area (TPSA) is 50.2 Å². The number of Topliss-reactive ketones (excluding diaryl/α,β-unsaturated/α-hetero) is 1. The van der Waals surface area contributed by atoms with Crippen LogP contribution in [0.4, 0.5) is 0 Å². The van der Waals surface area contributed by atoms with Crippen LogP contribution in [0.5, 0.6) is 5.75 Å². The highest BCUT2D eigenvalue weighted by molar-refractivity contribution is 6.07. The molecule has 0 aliphatic carbocycles. The minimum Gasteiger partial charge on any atom is -0.507 e. The molecule has 1 aromatic heterocycles. The second-order valence-corrected chi connectivity index (χ2v) is 3.31. The number of nitrogens with zero attached hydrogens (tertiary/aromatic N) is 1. The van der Waals surface area contributed by atoms with Crippen molar-refractivity contribution < 1.29 is 9.90 Å². The third-order valence-corrected chi connectivity index (χ3v) is 2.37. The lowest BCUT2D eigenvalue weighted by molar-refractivity contribution is 0.0989. The number of aromatic nitrogens is 1. The molecule has 0 spiro atoms. The molecule has 0 radical (unpaired) electrons. The van der Waals surface area contributed by atoms with Crippen LogP contribution in [0.2, 0.25) is 0 Å². The molecule has 0 aliphatic rings. The highest BCUT2D eigenvalue weighted by Gasteiger charge is 2.10. The zero-order valence-corrected chi connectivity index (χ0v) is 8.40. The van der Waals surface area contributed by atoms with E-state index in [0.717, 1.165) is 0 Å². The summed E-state index contributed by atoms with van der Waals surface area (Å²) >= 11 is 0. The van der Waals surface area contributed by atoms with Gasteiger partial charge in [0, 0.05) is 23.6 Å². The van der Waals surface area contributed by atoms with E-state index in [1.807, 2.05) is 6.92 Å². The minimum absolute atomic E-state index is 0.0405. The fraction of sp³-hybridized carbons (Fsp3) is 0.167. The Morgan fingerprint density at radius 1 is 1.40 bits per heavy atom. The first-order valence-corrected chi connectivity index (χ1v) is 4.84. The molecule has 1 aromatic carbocycles. The van der Waals surface area contributed by atoms with Crippen molar-refractivity contribution in [3.05, 3.63) is 36.0 Å². The Bertz CT molecular complexity index is 520. The van der Waals surface area contributed by atoms with Gasteiger partial charge in [0.1, 0.15) is 5.75 Å². The summed E-state index contributed by atoms with van der Waals surface area (Å²) < 4.78 is 0. The number of hydrogen-bond donors (Lipinski definition) is 1. The van der Waals surface area contributed by atoms with E-state index < -0.39 is 0 Å². The van der Waals surface area contributed by atoms with E-state index in [4.69, 9.17) is 0 Å². The summed E-state index contributed by atoms with van der Waals surface area (Å²) in [7, 11) is 0. The quantitative estimate of drug-likeness (QED) is 0.759. The van der Waals surface area contributed by atoms with Crippen LogP contribution in [0, 0.1) is 0 Å². The van der Waals surface area contributed by atoms with E-state index in [1.54, 1.807) is 24.4 Å². The highest BCUT2D eigenvalue weighted by Crippen LogP contribution is 2.26. The van der Waals surface area contributed by atoms with Gasteiger partial charge in [-0.05, 0) is 24.3 Å². The smallest absolute Gasteiger partial charge is 0.164 e. The molecule has 15 heavy (non-hydrogen) atoms. The van der Waals surface area contributed by atoms with Gasteiger partial charge in [-0.15, -0.1) is 0 Å². The van der Waals surface area contributed by atoms with Crippen molar-refractivity contribution in [2.75, 3.05) is 0 Å². The Morgan fingerprint density at radius 2 is 2.20 bits per heavy atom. The predicted octanol–water partition coefficient (Wildman–Crippen LogP) is 2.53. The zero-order valence-electron chi connectivity index (χ0n) is 8.40.